The Morgan fingerprint density at radius 3 is 2.00 bits per heavy atom. The molecule has 2 aromatic rings. The SMILES string of the molecule is N#C[C@@](NC(=S)Nc1cccc(Cl)c1)(C(N)=O)C(=S)Nc1cccc(Cl)c1. The molecule has 1 amide bonds. The second-order valence-electron chi connectivity index (χ2n) is 5.28. The molecule has 10 heteroatoms. The first-order valence-electron chi connectivity index (χ1n) is 7.40. The number of nitrogens with one attached hydrogen (secondary N) is 3. The van der Waals surface area contributed by atoms with Gasteiger partial charge in [-0.25, -0.2) is 0 Å². The normalized spacial score (nSPS) is 12.2. The summed E-state index contributed by atoms with van der Waals surface area (Å²) in [6.45, 7) is 0. The fraction of sp³-hybridized carbons (Fsp3) is 0.0588. The van der Waals surface area contributed by atoms with Gasteiger partial charge in [-0.05, 0) is 48.6 Å². The first-order valence-corrected chi connectivity index (χ1v) is 8.97. The number of rotatable bonds is 5. The highest BCUT2D eigenvalue weighted by Gasteiger charge is 2.43. The van der Waals surface area contributed by atoms with Gasteiger partial charge in [0.15, 0.2) is 5.11 Å². The summed E-state index contributed by atoms with van der Waals surface area (Å²) >= 11 is 22.3. The minimum absolute atomic E-state index is 0.0344. The van der Waals surface area contributed by atoms with Crippen molar-refractivity contribution < 1.29 is 4.79 Å². The number of anilines is 2. The van der Waals surface area contributed by atoms with E-state index in [2.05, 4.69) is 16.0 Å². The summed E-state index contributed by atoms with van der Waals surface area (Å²) < 4.78 is 0. The molecule has 0 fully saturated rings. The number of benzene rings is 2. The van der Waals surface area contributed by atoms with Crippen molar-refractivity contribution in [3.63, 3.8) is 0 Å². The van der Waals surface area contributed by atoms with Crippen molar-refractivity contribution in [1.82, 2.24) is 5.32 Å². The van der Waals surface area contributed by atoms with Gasteiger partial charge in [0.2, 0.25) is 0 Å². The minimum atomic E-state index is -2.07. The quantitative estimate of drug-likeness (QED) is 0.530. The van der Waals surface area contributed by atoms with Crippen LogP contribution in [0.2, 0.25) is 10.0 Å². The number of primary amides is 1. The van der Waals surface area contributed by atoms with Gasteiger partial charge in [0.25, 0.3) is 11.4 Å². The highest BCUT2D eigenvalue weighted by Crippen LogP contribution is 2.18. The van der Waals surface area contributed by atoms with E-state index in [9.17, 15) is 10.1 Å². The molecule has 2 rings (SSSR count). The predicted molar refractivity (Wildman–Crippen MR) is 116 cm³/mol. The van der Waals surface area contributed by atoms with Crippen molar-refractivity contribution in [3.05, 3.63) is 58.6 Å². The number of carbonyl (C=O) groups is 1. The number of nitrogens with zero attached hydrogens (tertiary/aromatic N) is 1. The zero-order valence-corrected chi connectivity index (χ0v) is 16.8. The second-order valence-corrected chi connectivity index (χ2v) is 6.97. The summed E-state index contributed by atoms with van der Waals surface area (Å²) in [5.41, 5.74) is 4.43. The Morgan fingerprint density at radius 2 is 1.56 bits per heavy atom. The van der Waals surface area contributed by atoms with E-state index in [-0.39, 0.29) is 10.1 Å². The van der Waals surface area contributed by atoms with E-state index in [0.717, 1.165) is 0 Å². The molecule has 0 heterocycles. The van der Waals surface area contributed by atoms with Crippen molar-refractivity contribution in [3.8, 4) is 6.07 Å². The van der Waals surface area contributed by atoms with Gasteiger partial charge < -0.3 is 21.7 Å². The number of nitrogens with two attached hydrogens (primary N) is 1. The molecule has 1 atom stereocenters. The van der Waals surface area contributed by atoms with Crippen LogP contribution in [-0.2, 0) is 4.79 Å². The summed E-state index contributed by atoms with van der Waals surface area (Å²) in [6, 6.07) is 15.1. The lowest BCUT2D eigenvalue weighted by molar-refractivity contribution is -0.119. The molecule has 5 N–H and O–H groups in total. The summed E-state index contributed by atoms with van der Waals surface area (Å²) in [6.07, 6.45) is 0. The Balaban J connectivity index is 2.22. The van der Waals surface area contributed by atoms with Crippen molar-refractivity contribution in [1.29, 1.82) is 5.26 Å². The van der Waals surface area contributed by atoms with Gasteiger partial charge in [-0.2, -0.15) is 5.26 Å². The fourth-order valence-corrected chi connectivity index (χ4v) is 3.02. The van der Waals surface area contributed by atoms with Crippen LogP contribution in [-0.4, -0.2) is 21.5 Å². The number of carbonyl (C=O) groups excluding carboxylic acids is 1. The maximum atomic E-state index is 12.1. The van der Waals surface area contributed by atoms with Gasteiger partial charge >= 0.3 is 0 Å². The molecule has 0 unspecified atom stereocenters. The van der Waals surface area contributed by atoms with E-state index in [1.54, 1.807) is 54.6 Å². The molecule has 0 aliphatic rings. The van der Waals surface area contributed by atoms with Crippen LogP contribution < -0.4 is 21.7 Å². The number of hydrogen-bond acceptors (Lipinski definition) is 4. The van der Waals surface area contributed by atoms with Crippen LogP contribution in [0.3, 0.4) is 0 Å². The number of thiocarbonyl (C=S) groups is 2. The molecular weight excluding hydrogens is 425 g/mol. The zero-order valence-electron chi connectivity index (χ0n) is 13.6. The molecule has 0 aliphatic heterocycles. The Bertz CT molecular complexity index is 947. The smallest absolute Gasteiger partial charge is 0.265 e. The van der Waals surface area contributed by atoms with Crippen molar-refractivity contribution in [2.75, 3.05) is 10.6 Å². The third-order valence-corrected chi connectivity index (χ3v) is 4.43. The molecule has 0 spiro atoms. The van der Waals surface area contributed by atoms with E-state index < -0.39 is 11.4 Å². The lowest BCUT2D eigenvalue weighted by Crippen LogP contribution is -2.63. The Labute approximate surface area is 176 Å². The first kappa shape index (κ1) is 20.9. The summed E-state index contributed by atoms with van der Waals surface area (Å²) in [7, 11) is 0. The molecule has 27 heavy (non-hydrogen) atoms. The molecule has 6 nitrogen and oxygen atoms in total. The lowest BCUT2D eigenvalue weighted by Gasteiger charge is -2.27. The summed E-state index contributed by atoms with van der Waals surface area (Å²) in [5, 5.41) is 18.7. The van der Waals surface area contributed by atoms with E-state index in [1.165, 1.54) is 0 Å². The number of amides is 1. The number of halogens is 2. The topological polar surface area (TPSA) is 103 Å². The summed E-state index contributed by atoms with van der Waals surface area (Å²) in [4.78, 5) is 11.9. The fourth-order valence-electron chi connectivity index (χ4n) is 2.05. The summed E-state index contributed by atoms with van der Waals surface area (Å²) in [5.74, 6) is -1.01. The molecular formula is C17H13Cl2N5OS2. The molecule has 138 valence electrons. The molecule has 0 saturated heterocycles. The predicted octanol–water partition coefficient (Wildman–Crippen LogP) is 3.47. The van der Waals surface area contributed by atoms with Gasteiger partial charge in [-0.1, -0.05) is 47.6 Å². The van der Waals surface area contributed by atoms with Crippen LogP contribution in [0, 0.1) is 11.3 Å². The van der Waals surface area contributed by atoms with Crippen molar-refractivity contribution >= 4 is 75.0 Å². The molecule has 2 aromatic carbocycles. The van der Waals surface area contributed by atoms with Crippen LogP contribution in [0.15, 0.2) is 48.5 Å². The van der Waals surface area contributed by atoms with Gasteiger partial charge in [0, 0.05) is 21.4 Å². The van der Waals surface area contributed by atoms with Gasteiger partial charge in [-0.15, -0.1) is 0 Å². The van der Waals surface area contributed by atoms with Crippen LogP contribution in [0.1, 0.15) is 0 Å². The van der Waals surface area contributed by atoms with E-state index in [4.69, 9.17) is 53.4 Å². The lowest BCUT2D eigenvalue weighted by atomic mass is 10.0. The van der Waals surface area contributed by atoms with E-state index in [1.807, 2.05) is 0 Å². The van der Waals surface area contributed by atoms with Gasteiger partial charge in [0.1, 0.15) is 11.1 Å². The third kappa shape index (κ3) is 5.28. The minimum Gasteiger partial charge on any atom is -0.366 e. The molecule has 0 saturated carbocycles. The second kappa shape index (κ2) is 8.97. The highest BCUT2D eigenvalue weighted by atomic mass is 35.5. The standard InChI is InChI=1S/C17H13Cl2N5OS2/c18-10-3-1-5-12(7-10)22-15(26)17(9-20,14(21)25)24-16(27)23-13-6-2-4-11(19)8-13/h1-8H,(H2,21,25)(H,22,26)(H2,23,24,27)/t17-/m1/s1. The molecule has 0 aliphatic carbocycles. The maximum Gasteiger partial charge on any atom is 0.265 e. The Morgan fingerprint density at radius 1 is 1.04 bits per heavy atom. The van der Waals surface area contributed by atoms with Crippen molar-refractivity contribution in [2.24, 2.45) is 5.73 Å². The van der Waals surface area contributed by atoms with Crippen LogP contribution in [0.25, 0.3) is 0 Å². The monoisotopic (exact) mass is 437 g/mol. The molecule has 0 bridgehead atoms. The third-order valence-electron chi connectivity index (χ3n) is 3.34. The van der Waals surface area contributed by atoms with Crippen LogP contribution in [0.4, 0.5) is 11.4 Å². The van der Waals surface area contributed by atoms with Crippen LogP contribution in [0.5, 0.6) is 0 Å². The first-order chi connectivity index (χ1) is 12.8. The van der Waals surface area contributed by atoms with Crippen LogP contribution >= 0.6 is 47.6 Å². The van der Waals surface area contributed by atoms with Gasteiger partial charge in [-0.3, -0.25) is 4.79 Å². The van der Waals surface area contributed by atoms with E-state index >= 15 is 0 Å². The average molecular weight is 438 g/mol. The maximum absolute atomic E-state index is 12.1. The Hall–Kier alpha value is -2.44. The van der Waals surface area contributed by atoms with E-state index in [0.29, 0.717) is 21.4 Å². The molecule has 0 aromatic heterocycles. The average Bonchev–Trinajstić information content (AvgIpc) is 2.59. The van der Waals surface area contributed by atoms with Gasteiger partial charge in [0.05, 0.1) is 0 Å². The molecule has 0 radical (unpaired) electrons. The number of nitriles is 1. The largest absolute Gasteiger partial charge is 0.366 e. The zero-order chi connectivity index (χ0) is 20.0. The highest BCUT2D eigenvalue weighted by molar-refractivity contribution is 7.81. The van der Waals surface area contributed by atoms with Crippen molar-refractivity contribution in [2.45, 2.75) is 5.54 Å². The number of hydrogen-bond donors (Lipinski definition) is 4. The Kier molecular flexibility index (Phi) is 6.93.